The molecule has 0 atom stereocenters. The van der Waals surface area contributed by atoms with Crippen molar-refractivity contribution in [2.75, 3.05) is 14.1 Å². The molecule has 2 rings (SSSR count). The van der Waals surface area contributed by atoms with Gasteiger partial charge in [0.15, 0.2) is 11.7 Å². The molecule has 2 N–H and O–H groups in total. The van der Waals surface area contributed by atoms with Gasteiger partial charge < -0.3 is 10.6 Å². The number of hydrogen-bond acceptors (Lipinski definition) is 2. The molecule has 2 aromatic carbocycles. The number of carbonyl (C=O) groups is 1. The molecule has 0 heterocycles. The van der Waals surface area contributed by atoms with Crippen molar-refractivity contribution in [2.24, 2.45) is 10.7 Å². The van der Waals surface area contributed by atoms with Gasteiger partial charge in [-0.15, -0.1) is 0 Å². The average Bonchev–Trinajstić information content (AvgIpc) is 2.48. The summed E-state index contributed by atoms with van der Waals surface area (Å²) in [5.74, 6) is 0.332. The van der Waals surface area contributed by atoms with Crippen LogP contribution in [0.3, 0.4) is 0 Å². The van der Waals surface area contributed by atoms with E-state index in [1.54, 1.807) is 11.0 Å². The number of para-hydroxylation sites is 1. The summed E-state index contributed by atoms with van der Waals surface area (Å²) >= 11 is 0. The molecule has 0 fully saturated rings. The summed E-state index contributed by atoms with van der Waals surface area (Å²) in [6, 6.07) is 15.4. The van der Waals surface area contributed by atoms with Gasteiger partial charge in [-0.2, -0.15) is 0 Å². The normalized spacial score (nSPS) is 11.3. The Morgan fingerprint density at radius 3 is 2.29 bits per heavy atom. The molecule has 0 unspecified atom stereocenters. The van der Waals surface area contributed by atoms with Crippen molar-refractivity contribution < 1.29 is 4.79 Å². The molecular weight excluding hydrogens is 262 g/mol. The Hall–Kier alpha value is -2.62. The highest BCUT2D eigenvalue weighted by atomic mass is 16.1. The highest BCUT2D eigenvalue weighted by Crippen LogP contribution is 2.33. The van der Waals surface area contributed by atoms with Crippen molar-refractivity contribution >= 4 is 17.4 Å². The van der Waals surface area contributed by atoms with Crippen LogP contribution in [0, 0.1) is 0 Å². The van der Waals surface area contributed by atoms with Gasteiger partial charge in [0.05, 0.1) is 5.69 Å². The first-order valence-corrected chi connectivity index (χ1v) is 6.71. The zero-order valence-electron chi connectivity index (χ0n) is 12.5. The largest absolute Gasteiger partial charge is 0.370 e. The molecule has 21 heavy (non-hydrogen) atoms. The number of ketones is 1. The quantitative estimate of drug-likeness (QED) is 0.534. The minimum absolute atomic E-state index is 0.0295. The van der Waals surface area contributed by atoms with Crippen LogP contribution >= 0.6 is 0 Å². The van der Waals surface area contributed by atoms with Gasteiger partial charge in [0.1, 0.15) is 0 Å². The number of Topliss-reactive ketones (excluding diaryl/α,β-unsaturated/α-hetero) is 1. The molecule has 0 bridgehead atoms. The third-order valence-electron chi connectivity index (χ3n) is 3.18. The number of aliphatic imine (C=N–C) groups is 1. The Morgan fingerprint density at radius 2 is 1.71 bits per heavy atom. The average molecular weight is 281 g/mol. The Kier molecular flexibility index (Phi) is 4.38. The Labute approximate surface area is 124 Å². The lowest BCUT2D eigenvalue weighted by atomic mass is 9.98. The second-order valence-electron chi connectivity index (χ2n) is 4.99. The maximum Gasteiger partial charge on any atom is 0.196 e. The van der Waals surface area contributed by atoms with Crippen LogP contribution in [0.4, 0.5) is 5.69 Å². The van der Waals surface area contributed by atoms with E-state index in [9.17, 15) is 4.79 Å². The lowest BCUT2D eigenvalue weighted by molar-refractivity contribution is 0.101. The van der Waals surface area contributed by atoms with Crippen molar-refractivity contribution in [3.8, 4) is 11.1 Å². The third kappa shape index (κ3) is 3.28. The van der Waals surface area contributed by atoms with Crippen LogP contribution in [0.15, 0.2) is 53.5 Å². The first kappa shape index (κ1) is 14.8. The van der Waals surface area contributed by atoms with E-state index in [-0.39, 0.29) is 5.78 Å². The van der Waals surface area contributed by atoms with Gasteiger partial charge >= 0.3 is 0 Å². The van der Waals surface area contributed by atoms with E-state index in [2.05, 4.69) is 4.99 Å². The minimum atomic E-state index is -0.0295. The summed E-state index contributed by atoms with van der Waals surface area (Å²) in [6.45, 7) is 1.54. The molecule has 2 aromatic rings. The summed E-state index contributed by atoms with van der Waals surface area (Å²) in [6.07, 6.45) is 0. The van der Waals surface area contributed by atoms with E-state index in [4.69, 9.17) is 5.73 Å². The molecule has 4 nitrogen and oxygen atoms in total. The summed E-state index contributed by atoms with van der Waals surface area (Å²) in [7, 11) is 3.63. The van der Waals surface area contributed by atoms with Crippen LogP contribution in [0.2, 0.25) is 0 Å². The highest BCUT2D eigenvalue weighted by Gasteiger charge is 2.13. The zero-order chi connectivity index (χ0) is 15.4. The lowest BCUT2D eigenvalue weighted by Crippen LogP contribution is -2.30. The van der Waals surface area contributed by atoms with Crippen LogP contribution in [-0.4, -0.2) is 30.7 Å². The van der Waals surface area contributed by atoms with Crippen LogP contribution in [0.5, 0.6) is 0 Å². The minimum Gasteiger partial charge on any atom is -0.370 e. The van der Waals surface area contributed by atoms with E-state index >= 15 is 0 Å². The number of nitrogens with zero attached hydrogens (tertiary/aromatic N) is 2. The van der Waals surface area contributed by atoms with Crippen molar-refractivity contribution in [3.05, 3.63) is 54.1 Å². The number of hydrogen-bond donors (Lipinski definition) is 1. The van der Waals surface area contributed by atoms with E-state index in [1.807, 2.05) is 56.6 Å². The molecule has 0 saturated heterocycles. The summed E-state index contributed by atoms with van der Waals surface area (Å²) in [5.41, 5.74) is 9.01. The van der Waals surface area contributed by atoms with Gasteiger partial charge in [-0.05, 0) is 18.6 Å². The van der Waals surface area contributed by atoms with Gasteiger partial charge in [0, 0.05) is 25.2 Å². The molecule has 0 spiro atoms. The smallest absolute Gasteiger partial charge is 0.196 e. The first-order chi connectivity index (χ1) is 10.0. The van der Waals surface area contributed by atoms with Crippen LogP contribution in [-0.2, 0) is 0 Å². The van der Waals surface area contributed by atoms with Gasteiger partial charge in [0.2, 0.25) is 0 Å². The molecule has 0 aliphatic heterocycles. The molecule has 0 aliphatic rings. The van der Waals surface area contributed by atoms with E-state index in [1.165, 1.54) is 6.92 Å². The SMILES string of the molecule is CC(=O)c1cccc(-c2ccccc2)c1N=C(N)N(C)C. The number of rotatable bonds is 3. The zero-order valence-corrected chi connectivity index (χ0v) is 12.5. The summed E-state index contributed by atoms with van der Waals surface area (Å²) in [4.78, 5) is 18.0. The van der Waals surface area contributed by atoms with Gasteiger partial charge in [-0.3, -0.25) is 4.79 Å². The Morgan fingerprint density at radius 1 is 1.05 bits per heavy atom. The molecule has 0 radical (unpaired) electrons. The van der Waals surface area contributed by atoms with E-state index in [0.29, 0.717) is 17.2 Å². The third-order valence-corrected chi connectivity index (χ3v) is 3.18. The van der Waals surface area contributed by atoms with Crippen molar-refractivity contribution in [3.63, 3.8) is 0 Å². The van der Waals surface area contributed by atoms with Crippen LogP contribution in [0.1, 0.15) is 17.3 Å². The summed E-state index contributed by atoms with van der Waals surface area (Å²) < 4.78 is 0. The number of guanidine groups is 1. The van der Waals surface area contributed by atoms with Gasteiger partial charge in [-0.25, -0.2) is 4.99 Å². The van der Waals surface area contributed by atoms with Crippen molar-refractivity contribution in [1.29, 1.82) is 0 Å². The molecule has 4 heteroatoms. The lowest BCUT2D eigenvalue weighted by Gasteiger charge is -2.14. The second-order valence-corrected chi connectivity index (χ2v) is 4.99. The predicted molar refractivity (Wildman–Crippen MR) is 86.9 cm³/mol. The molecule has 0 amide bonds. The van der Waals surface area contributed by atoms with Crippen molar-refractivity contribution in [2.45, 2.75) is 6.92 Å². The van der Waals surface area contributed by atoms with Gasteiger partial charge in [-0.1, -0.05) is 42.5 Å². The standard InChI is InChI=1S/C17H19N3O/c1-12(21)14-10-7-11-15(13-8-5-4-6-9-13)16(14)19-17(18)20(2)3/h4-11H,1-3H3,(H2,18,19). The Balaban J connectivity index is 2.69. The number of nitrogens with two attached hydrogens (primary N) is 1. The highest BCUT2D eigenvalue weighted by molar-refractivity contribution is 6.03. The molecular formula is C17H19N3O. The predicted octanol–water partition coefficient (Wildman–Crippen LogP) is 3.06. The topological polar surface area (TPSA) is 58.7 Å². The van der Waals surface area contributed by atoms with Crippen LogP contribution in [0.25, 0.3) is 11.1 Å². The fraction of sp³-hybridized carbons (Fsp3) is 0.176. The monoisotopic (exact) mass is 281 g/mol. The number of benzene rings is 2. The van der Waals surface area contributed by atoms with Gasteiger partial charge in [0.25, 0.3) is 0 Å². The maximum absolute atomic E-state index is 11.9. The summed E-state index contributed by atoms with van der Waals surface area (Å²) in [5, 5.41) is 0. The van der Waals surface area contributed by atoms with E-state index < -0.39 is 0 Å². The fourth-order valence-corrected chi connectivity index (χ4v) is 2.01. The molecule has 0 saturated carbocycles. The molecule has 0 aromatic heterocycles. The Bertz CT molecular complexity index is 676. The maximum atomic E-state index is 11.9. The van der Waals surface area contributed by atoms with E-state index in [0.717, 1.165) is 11.1 Å². The number of carbonyl (C=O) groups excluding carboxylic acids is 1. The molecule has 0 aliphatic carbocycles. The van der Waals surface area contributed by atoms with Crippen LogP contribution < -0.4 is 5.73 Å². The van der Waals surface area contributed by atoms with Crippen molar-refractivity contribution in [1.82, 2.24) is 4.90 Å². The second kappa shape index (κ2) is 6.22. The fourth-order valence-electron chi connectivity index (χ4n) is 2.01. The molecule has 108 valence electrons. The first-order valence-electron chi connectivity index (χ1n) is 6.71.